The summed E-state index contributed by atoms with van der Waals surface area (Å²) in [6.45, 7) is 1.22. The van der Waals surface area contributed by atoms with E-state index < -0.39 is 25.1 Å². The minimum atomic E-state index is -3.71. The van der Waals surface area contributed by atoms with Gasteiger partial charge in [0, 0.05) is 6.54 Å². The zero-order valence-electron chi connectivity index (χ0n) is 11.2. The number of sulfone groups is 1. The molecule has 0 aliphatic heterocycles. The SMILES string of the molecule is CCS(=O)(=O)NCC(c1ccco1)S(=O)(=O)c1cccs1. The van der Waals surface area contributed by atoms with Gasteiger partial charge >= 0.3 is 0 Å². The molecular formula is C12H15NO5S3. The van der Waals surface area contributed by atoms with Crippen molar-refractivity contribution in [3.05, 3.63) is 41.7 Å². The van der Waals surface area contributed by atoms with E-state index in [0.717, 1.165) is 11.3 Å². The number of sulfonamides is 1. The number of furan rings is 1. The Morgan fingerprint density at radius 1 is 1.24 bits per heavy atom. The van der Waals surface area contributed by atoms with Crippen molar-refractivity contribution in [2.24, 2.45) is 0 Å². The Morgan fingerprint density at radius 2 is 2.00 bits per heavy atom. The van der Waals surface area contributed by atoms with Crippen molar-refractivity contribution in [1.82, 2.24) is 4.72 Å². The van der Waals surface area contributed by atoms with Gasteiger partial charge in [-0.3, -0.25) is 0 Å². The van der Waals surface area contributed by atoms with E-state index in [0.29, 0.717) is 0 Å². The summed E-state index contributed by atoms with van der Waals surface area (Å²) in [5, 5.41) is 0.565. The van der Waals surface area contributed by atoms with Gasteiger partial charge < -0.3 is 4.42 Å². The van der Waals surface area contributed by atoms with Crippen LogP contribution in [0.4, 0.5) is 0 Å². The molecule has 0 fully saturated rings. The molecule has 2 rings (SSSR count). The molecule has 1 unspecified atom stereocenters. The van der Waals surface area contributed by atoms with Crippen LogP contribution in [-0.2, 0) is 19.9 Å². The Kier molecular flexibility index (Phi) is 4.87. The smallest absolute Gasteiger partial charge is 0.211 e. The summed E-state index contributed by atoms with van der Waals surface area (Å²) < 4.78 is 56.0. The van der Waals surface area contributed by atoms with Crippen molar-refractivity contribution in [3.8, 4) is 0 Å². The fraction of sp³-hybridized carbons (Fsp3) is 0.333. The second kappa shape index (κ2) is 6.30. The predicted molar refractivity (Wildman–Crippen MR) is 80.4 cm³/mol. The van der Waals surface area contributed by atoms with E-state index in [-0.39, 0.29) is 22.3 Å². The molecule has 1 N–H and O–H groups in total. The standard InChI is InChI=1S/C12H15NO5S3/c1-2-20(14,15)13-9-11(10-5-3-7-18-10)21(16,17)12-6-4-8-19-12/h3-8,11,13H,2,9H2,1H3. The second-order valence-corrected chi connectivity index (χ2v) is 9.63. The molecule has 0 aromatic carbocycles. The summed E-state index contributed by atoms with van der Waals surface area (Å²) in [5.41, 5.74) is 0. The van der Waals surface area contributed by atoms with E-state index in [1.807, 2.05) is 0 Å². The zero-order chi connectivity index (χ0) is 15.5. The van der Waals surface area contributed by atoms with Crippen molar-refractivity contribution in [3.63, 3.8) is 0 Å². The Morgan fingerprint density at radius 3 is 2.52 bits per heavy atom. The van der Waals surface area contributed by atoms with Crippen molar-refractivity contribution >= 4 is 31.2 Å². The molecule has 2 heterocycles. The molecule has 116 valence electrons. The van der Waals surface area contributed by atoms with Crippen LogP contribution in [0.5, 0.6) is 0 Å². The summed E-state index contributed by atoms with van der Waals surface area (Å²) in [6.07, 6.45) is 1.36. The summed E-state index contributed by atoms with van der Waals surface area (Å²) in [4.78, 5) is 0. The molecule has 0 bridgehead atoms. The van der Waals surface area contributed by atoms with E-state index in [4.69, 9.17) is 4.42 Å². The first-order valence-corrected chi connectivity index (χ1v) is 10.2. The largest absolute Gasteiger partial charge is 0.468 e. The first-order valence-electron chi connectivity index (χ1n) is 6.15. The lowest BCUT2D eigenvalue weighted by Crippen LogP contribution is -2.32. The van der Waals surface area contributed by atoms with E-state index in [2.05, 4.69) is 4.72 Å². The van der Waals surface area contributed by atoms with Crippen molar-refractivity contribution < 1.29 is 21.3 Å². The highest BCUT2D eigenvalue weighted by molar-refractivity contribution is 7.93. The maximum Gasteiger partial charge on any atom is 0.211 e. The average Bonchev–Trinajstić information content (AvgIpc) is 3.12. The number of thiophene rings is 1. The third-order valence-corrected chi connectivity index (χ3v) is 7.74. The third-order valence-electron chi connectivity index (χ3n) is 2.88. The van der Waals surface area contributed by atoms with Gasteiger partial charge in [-0.15, -0.1) is 11.3 Å². The molecule has 0 aliphatic carbocycles. The van der Waals surface area contributed by atoms with Crippen LogP contribution in [0.2, 0.25) is 0 Å². The number of nitrogens with one attached hydrogen (secondary N) is 1. The molecule has 2 aromatic rings. The molecule has 0 saturated heterocycles. The Bertz CT molecular complexity index is 761. The summed E-state index contributed by atoms with van der Waals surface area (Å²) in [6, 6.07) is 6.22. The van der Waals surface area contributed by atoms with Gasteiger partial charge in [0.15, 0.2) is 9.84 Å². The fourth-order valence-electron chi connectivity index (χ4n) is 1.71. The van der Waals surface area contributed by atoms with E-state index in [1.165, 1.54) is 25.3 Å². The lowest BCUT2D eigenvalue weighted by Gasteiger charge is -2.15. The summed E-state index contributed by atoms with van der Waals surface area (Å²) in [5.74, 6) is 0.0962. The fourth-order valence-corrected chi connectivity index (χ4v) is 5.23. The highest BCUT2D eigenvalue weighted by Gasteiger charge is 2.33. The van der Waals surface area contributed by atoms with Crippen LogP contribution in [0.3, 0.4) is 0 Å². The van der Waals surface area contributed by atoms with Crippen LogP contribution < -0.4 is 4.72 Å². The lowest BCUT2D eigenvalue weighted by atomic mass is 10.3. The van der Waals surface area contributed by atoms with Crippen molar-refractivity contribution in [1.29, 1.82) is 0 Å². The van der Waals surface area contributed by atoms with Gasteiger partial charge in [-0.25, -0.2) is 21.6 Å². The van der Waals surface area contributed by atoms with E-state index in [9.17, 15) is 16.8 Å². The number of hydrogen-bond acceptors (Lipinski definition) is 6. The van der Waals surface area contributed by atoms with Crippen molar-refractivity contribution in [2.45, 2.75) is 16.4 Å². The molecule has 2 aromatic heterocycles. The first kappa shape index (κ1) is 16.2. The molecule has 6 nitrogen and oxygen atoms in total. The van der Waals surface area contributed by atoms with Crippen LogP contribution >= 0.6 is 11.3 Å². The molecule has 9 heteroatoms. The van der Waals surface area contributed by atoms with E-state index >= 15 is 0 Å². The van der Waals surface area contributed by atoms with Gasteiger partial charge in [0.1, 0.15) is 15.2 Å². The maximum absolute atomic E-state index is 12.6. The topological polar surface area (TPSA) is 93.4 Å². The van der Waals surface area contributed by atoms with Gasteiger partial charge in [0.25, 0.3) is 0 Å². The normalized spacial score (nSPS) is 14.1. The highest BCUT2D eigenvalue weighted by atomic mass is 32.2. The zero-order valence-corrected chi connectivity index (χ0v) is 13.7. The van der Waals surface area contributed by atoms with Gasteiger partial charge in [-0.1, -0.05) is 6.07 Å². The Hall–Kier alpha value is -1.16. The van der Waals surface area contributed by atoms with Gasteiger partial charge in [0.2, 0.25) is 10.0 Å². The molecule has 21 heavy (non-hydrogen) atoms. The van der Waals surface area contributed by atoms with Gasteiger partial charge in [-0.2, -0.15) is 0 Å². The second-order valence-electron chi connectivity index (χ2n) is 4.23. The monoisotopic (exact) mass is 349 g/mol. The van der Waals surface area contributed by atoms with Crippen LogP contribution in [0.15, 0.2) is 44.5 Å². The molecule has 0 radical (unpaired) electrons. The number of rotatable bonds is 7. The predicted octanol–water partition coefficient (Wildman–Crippen LogP) is 1.80. The van der Waals surface area contributed by atoms with Crippen LogP contribution in [0.1, 0.15) is 17.9 Å². The average molecular weight is 349 g/mol. The molecular weight excluding hydrogens is 334 g/mol. The molecule has 0 aliphatic rings. The summed E-state index contributed by atoms with van der Waals surface area (Å²) >= 11 is 1.09. The quantitative estimate of drug-likeness (QED) is 0.822. The molecule has 0 saturated carbocycles. The molecule has 1 atom stereocenters. The summed E-state index contributed by atoms with van der Waals surface area (Å²) in [7, 11) is -7.20. The maximum atomic E-state index is 12.6. The Labute approximate surface area is 127 Å². The van der Waals surface area contributed by atoms with Gasteiger partial charge in [0.05, 0.1) is 12.0 Å². The van der Waals surface area contributed by atoms with Crippen LogP contribution in [0, 0.1) is 0 Å². The minimum absolute atomic E-state index is 0.114. The Balaban J connectivity index is 2.34. The highest BCUT2D eigenvalue weighted by Crippen LogP contribution is 2.31. The molecule has 0 amide bonds. The van der Waals surface area contributed by atoms with E-state index in [1.54, 1.807) is 17.5 Å². The number of hydrogen-bond donors (Lipinski definition) is 1. The minimum Gasteiger partial charge on any atom is -0.468 e. The van der Waals surface area contributed by atoms with Gasteiger partial charge in [-0.05, 0) is 30.5 Å². The van der Waals surface area contributed by atoms with Crippen LogP contribution in [-0.4, -0.2) is 29.1 Å². The third kappa shape index (κ3) is 3.73. The molecule has 0 spiro atoms. The first-order chi connectivity index (χ1) is 9.87. The van der Waals surface area contributed by atoms with Crippen LogP contribution in [0.25, 0.3) is 0 Å². The van der Waals surface area contributed by atoms with Crippen molar-refractivity contribution in [2.75, 3.05) is 12.3 Å². The lowest BCUT2D eigenvalue weighted by molar-refractivity contribution is 0.487.